The first-order valence-electron chi connectivity index (χ1n) is 6.91. The van der Waals surface area contributed by atoms with E-state index in [9.17, 15) is 4.79 Å². The molecule has 0 heterocycles. The van der Waals surface area contributed by atoms with Gasteiger partial charge in [-0.05, 0) is 43.2 Å². The van der Waals surface area contributed by atoms with Crippen LogP contribution in [0.2, 0.25) is 0 Å². The number of carbonyl (C=O) groups is 1. The van der Waals surface area contributed by atoms with Gasteiger partial charge in [-0.25, -0.2) is 0 Å². The SMILES string of the molecule is Cc1ccc(N)c(C)c1NC(=O)CCOc1ccccc1. The summed E-state index contributed by atoms with van der Waals surface area (Å²) in [5.74, 6) is 0.685. The van der Waals surface area contributed by atoms with E-state index in [1.807, 2.05) is 56.3 Å². The van der Waals surface area contributed by atoms with Crippen molar-refractivity contribution in [3.63, 3.8) is 0 Å². The topological polar surface area (TPSA) is 64.3 Å². The second-order valence-corrected chi connectivity index (χ2v) is 4.93. The molecule has 0 aliphatic carbocycles. The molecule has 2 aromatic rings. The van der Waals surface area contributed by atoms with Crippen molar-refractivity contribution in [1.82, 2.24) is 0 Å². The van der Waals surface area contributed by atoms with Crippen LogP contribution in [-0.2, 0) is 4.79 Å². The van der Waals surface area contributed by atoms with E-state index in [0.717, 1.165) is 22.6 Å². The minimum absolute atomic E-state index is 0.0808. The molecule has 0 saturated heterocycles. The lowest BCUT2D eigenvalue weighted by molar-refractivity contribution is -0.116. The van der Waals surface area contributed by atoms with Crippen LogP contribution in [0.25, 0.3) is 0 Å². The maximum Gasteiger partial charge on any atom is 0.227 e. The second kappa shape index (κ2) is 6.79. The molecule has 0 unspecified atom stereocenters. The van der Waals surface area contributed by atoms with Gasteiger partial charge in [-0.1, -0.05) is 24.3 Å². The van der Waals surface area contributed by atoms with E-state index in [2.05, 4.69) is 5.32 Å². The Morgan fingerprint density at radius 2 is 1.86 bits per heavy atom. The Morgan fingerprint density at radius 1 is 1.14 bits per heavy atom. The van der Waals surface area contributed by atoms with Crippen LogP contribution in [0.3, 0.4) is 0 Å². The Bertz CT molecular complexity index is 624. The summed E-state index contributed by atoms with van der Waals surface area (Å²) in [6.07, 6.45) is 0.294. The molecule has 0 bridgehead atoms. The molecule has 0 aliphatic heterocycles. The summed E-state index contributed by atoms with van der Waals surface area (Å²) >= 11 is 0. The molecule has 0 aromatic heterocycles. The van der Waals surface area contributed by atoms with Crippen LogP contribution in [0.15, 0.2) is 42.5 Å². The lowest BCUT2D eigenvalue weighted by Crippen LogP contribution is -2.17. The van der Waals surface area contributed by atoms with E-state index in [1.54, 1.807) is 0 Å². The van der Waals surface area contributed by atoms with Crippen molar-refractivity contribution in [2.75, 3.05) is 17.7 Å². The van der Waals surface area contributed by atoms with Crippen LogP contribution in [0.1, 0.15) is 17.5 Å². The van der Waals surface area contributed by atoms with Crippen LogP contribution >= 0.6 is 0 Å². The normalized spacial score (nSPS) is 10.2. The number of anilines is 2. The Balaban J connectivity index is 1.89. The number of aryl methyl sites for hydroxylation is 1. The molecule has 1 amide bonds. The predicted molar refractivity (Wildman–Crippen MR) is 85.5 cm³/mol. The number of amides is 1. The smallest absolute Gasteiger partial charge is 0.227 e. The van der Waals surface area contributed by atoms with Crippen LogP contribution in [0, 0.1) is 13.8 Å². The average molecular weight is 284 g/mol. The molecule has 0 saturated carbocycles. The van der Waals surface area contributed by atoms with Gasteiger partial charge in [0.1, 0.15) is 5.75 Å². The molecule has 2 aromatic carbocycles. The first-order valence-corrected chi connectivity index (χ1v) is 6.91. The van der Waals surface area contributed by atoms with Crippen molar-refractivity contribution in [2.24, 2.45) is 0 Å². The monoisotopic (exact) mass is 284 g/mol. The van der Waals surface area contributed by atoms with Gasteiger partial charge in [0.05, 0.1) is 13.0 Å². The van der Waals surface area contributed by atoms with Gasteiger partial charge in [-0.15, -0.1) is 0 Å². The van der Waals surface area contributed by atoms with Gasteiger partial charge >= 0.3 is 0 Å². The number of rotatable bonds is 5. The van der Waals surface area contributed by atoms with Crippen molar-refractivity contribution >= 4 is 17.3 Å². The Hall–Kier alpha value is -2.49. The highest BCUT2D eigenvalue weighted by Crippen LogP contribution is 2.25. The third kappa shape index (κ3) is 3.99. The number of nitrogens with two attached hydrogens (primary N) is 1. The van der Waals surface area contributed by atoms with Gasteiger partial charge in [0.2, 0.25) is 5.91 Å². The van der Waals surface area contributed by atoms with Crippen molar-refractivity contribution in [1.29, 1.82) is 0 Å². The van der Waals surface area contributed by atoms with Gasteiger partial charge in [0.15, 0.2) is 0 Å². The fourth-order valence-electron chi connectivity index (χ4n) is 2.04. The molecular weight excluding hydrogens is 264 g/mol. The van der Waals surface area contributed by atoms with E-state index >= 15 is 0 Å². The summed E-state index contributed by atoms with van der Waals surface area (Å²) in [6, 6.07) is 13.2. The lowest BCUT2D eigenvalue weighted by atomic mass is 10.1. The molecule has 0 radical (unpaired) electrons. The fourth-order valence-corrected chi connectivity index (χ4v) is 2.04. The number of hydrogen-bond donors (Lipinski definition) is 2. The number of carbonyl (C=O) groups excluding carboxylic acids is 1. The molecule has 21 heavy (non-hydrogen) atoms. The Kier molecular flexibility index (Phi) is 4.82. The molecular formula is C17H20N2O2. The molecule has 4 nitrogen and oxygen atoms in total. The number of benzene rings is 2. The second-order valence-electron chi connectivity index (χ2n) is 4.93. The largest absolute Gasteiger partial charge is 0.493 e. The van der Waals surface area contributed by atoms with E-state index in [0.29, 0.717) is 18.7 Å². The van der Waals surface area contributed by atoms with Gasteiger partial charge in [-0.3, -0.25) is 4.79 Å². The zero-order valence-corrected chi connectivity index (χ0v) is 12.3. The summed E-state index contributed by atoms with van der Waals surface area (Å²) < 4.78 is 5.51. The number of para-hydroxylation sites is 1. The van der Waals surface area contributed by atoms with Crippen molar-refractivity contribution in [3.05, 3.63) is 53.6 Å². The van der Waals surface area contributed by atoms with Crippen LogP contribution in [0.4, 0.5) is 11.4 Å². The molecule has 0 fully saturated rings. The van der Waals surface area contributed by atoms with E-state index in [1.165, 1.54) is 0 Å². The van der Waals surface area contributed by atoms with Crippen LogP contribution in [-0.4, -0.2) is 12.5 Å². The van der Waals surface area contributed by atoms with E-state index in [-0.39, 0.29) is 5.91 Å². The highest BCUT2D eigenvalue weighted by Gasteiger charge is 2.09. The van der Waals surface area contributed by atoms with E-state index < -0.39 is 0 Å². The number of hydrogen-bond acceptors (Lipinski definition) is 3. The highest BCUT2D eigenvalue weighted by atomic mass is 16.5. The molecule has 0 spiro atoms. The first-order chi connectivity index (χ1) is 10.1. The minimum atomic E-state index is -0.0808. The van der Waals surface area contributed by atoms with E-state index in [4.69, 9.17) is 10.5 Å². The molecule has 0 aliphatic rings. The van der Waals surface area contributed by atoms with Gasteiger partial charge in [0, 0.05) is 11.4 Å². The predicted octanol–water partition coefficient (Wildman–Crippen LogP) is 3.29. The van der Waals surface area contributed by atoms with Crippen LogP contribution < -0.4 is 15.8 Å². The third-order valence-corrected chi connectivity index (χ3v) is 3.32. The molecule has 110 valence electrons. The lowest BCUT2D eigenvalue weighted by Gasteiger charge is -2.13. The third-order valence-electron chi connectivity index (χ3n) is 3.32. The minimum Gasteiger partial charge on any atom is -0.493 e. The summed E-state index contributed by atoms with van der Waals surface area (Å²) in [5, 5.41) is 2.91. The molecule has 3 N–H and O–H groups in total. The molecule has 2 rings (SSSR count). The summed E-state index contributed by atoms with van der Waals surface area (Å²) in [4.78, 5) is 12.0. The Morgan fingerprint density at radius 3 is 2.57 bits per heavy atom. The Labute approximate surface area is 124 Å². The summed E-state index contributed by atoms with van der Waals surface area (Å²) in [6.45, 7) is 4.19. The van der Waals surface area contributed by atoms with Crippen molar-refractivity contribution < 1.29 is 9.53 Å². The maximum absolute atomic E-state index is 12.0. The molecule has 4 heteroatoms. The molecule has 0 atom stereocenters. The highest BCUT2D eigenvalue weighted by molar-refractivity contribution is 5.93. The van der Waals surface area contributed by atoms with Gasteiger partial charge < -0.3 is 15.8 Å². The first kappa shape index (κ1) is 14.9. The zero-order valence-electron chi connectivity index (χ0n) is 12.3. The quantitative estimate of drug-likeness (QED) is 0.828. The van der Waals surface area contributed by atoms with Crippen LogP contribution in [0.5, 0.6) is 5.75 Å². The maximum atomic E-state index is 12.0. The average Bonchev–Trinajstić information content (AvgIpc) is 2.49. The number of ether oxygens (including phenoxy) is 1. The fraction of sp³-hybridized carbons (Fsp3) is 0.235. The van der Waals surface area contributed by atoms with Gasteiger partial charge in [0.25, 0.3) is 0 Å². The standard InChI is InChI=1S/C17H20N2O2/c1-12-8-9-15(18)13(2)17(12)19-16(20)10-11-21-14-6-4-3-5-7-14/h3-9H,10-11,18H2,1-2H3,(H,19,20). The van der Waals surface area contributed by atoms with Gasteiger partial charge in [-0.2, -0.15) is 0 Å². The number of nitrogen functional groups attached to an aromatic ring is 1. The zero-order chi connectivity index (χ0) is 15.2. The number of nitrogens with one attached hydrogen (secondary N) is 1. The summed E-state index contributed by atoms with van der Waals surface area (Å²) in [5.41, 5.74) is 9.23. The van der Waals surface area contributed by atoms with Crippen molar-refractivity contribution in [3.8, 4) is 5.75 Å². The van der Waals surface area contributed by atoms with Crippen molar-refractivity contribution in [2.45, 2.75) is 20.3 Å². The summed E-state index contributed by atoms with van der Waals surface area (Å²) in [7, 11) is 0.